The summed E-state index contributed by atoms with van der Waals surface area (Å²) in [6, 6.07) is 4.12. The summed E-state index contributed by atoms with van der Waals surface area (Å²) >= 11 is 9.37. The van der Waals surface area contributed by atoms with Crippen LogP contribution in [0, 0.1) is 10.1 Å². The number of hydrogen-bond acceptors (Lipinski definition) is 3. The molecule has 1 saturated carbocycles. The van der Waals surface area contributed by atoms with Crippen LogP contribution in [0.4, 0.5) is 5.69 Å². The largest absolute Gasteiger partial charge is 0.348 e. The molecular formula is C13H14BrClN2O3. The molecule has 1 aromatic carbocycles. The molecule has 2 atom stereocenters. The molecule has 1 amide bonds. The van der Waals surface area contributed by atoms with E-state index in [9.17, 15) is 14.9 Å². The Labute approximate surface area is 130 Å². The van der Waals surface area contributed by atoms with E-state index in [1.807, 2.05) is 0 Å². The molecule has 0 bridgehead atoms. The number of alkyl halides is 1. The molecule has 2 unspecified atom stereocenters. The predicted molar refractivity (Wildman–Crippen MR) is 80.2 cm³/mol. The Kier molecular flexibility index (Phi) is 4.99. The Bertz CT molecular complexity index is 538. The summed E-state index contributed by atoms with van der Waals surface area (Å²) in [5, 5.41) is 13.6. The molecule has 1 aromatic rings. The maximum Gasteiger partial charge on any atom is 0.271 e. The number of nitro benzene ring substituents is 1. The number of nitrogens with zero attached hydrogens (tertiary/aromatic N) is 1. The number of benzene rings is 1. The number of carbonyl (C=O) groups excluding carboxylic acids is 1. The lowest BCUT2D eigenvalue weighted by atomic mass is 9.94. The Morgan fingerprint density at radius 2 is 2.05 bits per heavy atom. The molecule has 0 radical (unpaired) electrons. The van der Waals surface area contributed by atoms with E-state index < -0.39 is 4.92 Å². The molecule has 5 nitrogen and oxygen atoms in total. The lowest BCUT2D eigenvalue weighted by molar-refractivity contribution is -0.385. The van der Waals surface area contributed by atoms with E-state index in [0.29, 0.717) is 4.47 Å². The normalized spacial score (nSPS) is 22.3. The second-order valence-electron chi connectivity index (χ2n) is 4.84. The van der Waals surface area contributed by atoms with Gasteiger partial charge in [0.2, 0.25) is 0 Å². The zero-order valence-corrected chi connectivity index (χ0v) is 13.0. The third kappa shape index (κ3) is 3.70. The van der Waals surface area contributed by atoms with Gasteiger partial charge in [0.25, 0.3) is 11.6 Å². The Morgan fingerprint density at radius 3 is 2.70 bits per heavy atom. The van der Waals surface area contributed by atoms with Crippen molar-refractivity contribution < 1.29 is 9.72 Å². The average molecular weight is 362 g/mol. The quantitative estimate of drug-likeness (QED) is 0.507. The van der Waals surface area contributed by atoms with Gasteiger partial charge in [0, 0.05) is 28.2 Å². The maximum absolute atomic E-state index is 12.2. The fourth-order valence-corrected chi connectivity index (χ4v) is 3.14. The van der Waals surface area contributed by atoms with Crippen molar-refractivity contribution in [2.45, 2.75) is 37.1 Å². The SMILES string of the molecule is O=C(NC1CCCCC1Cl)c1cc(Br)cc([N+](=O)[O-])c1. The van der Waals surface area contributed by atoms with Gasteiger partial charge in [-0.3, -0.25) is 14.9 Å². The molecule has 0 aromatic heterocycles. The smallest absolute Gasteiger partial charge is 0.271 e. The van der Waals surface area contributed by atoms with Crippen LogP contribution in [-0.2, 0) is 0 Å². The van der Waals surface area contributed by atoms with Gasteiger partial charge < -0.3 is 5.32 Å². The van der Waals surface area contributed by atoms with Gasteiger partial charge in [0.05, 0.1) is 10.3 Å². The average Bonchev–Trinajstić information content (AvgIpc) is 2.40. The van der Waals surface area contributed by atoms with Gasteiger partial charge in [-0.15, -0.1) is 11.6 Å². The summed E-state index contributed by atoms with van der Waals surface area (Å²) in [6.07, 6.45) is 3.83. The highest BCUT2D eigenvalue weighted by atomic mass is 79.9. The van der Waals surface area contributed by atoms with Gasteiger partial charge in [-0.05, 0) is 18.9 Å². The lowest BCUT2D eigenvalue weighted by Crippen LogP contribution is -2.42. The maximum atomic E-state index is 12.2. The highest BCUT2D eigenvalue weighted by molar-refractivity contribution is 9.10. The second-order valence-corrected chi connectivity index (χ2v) is 6.31. The highest BCUT2D eigenvalue weighted by Crippen LogP contribution is 2.25. The van der Waals surface area contributed by atoms with E-state index >= 15 is 0 Å². The minimum atomic E-state index is -0.521. The van der Waals surface area contributed by atoms with Crippen LogP contribution >= 0.6 is 27.5 Å². The second kappa shape index (κ2) is 6.54. The summed E-state index contributed by atoms with van der Waals surface area (Å²) in [5.41, 5.74) is 0.149. The van der Waals surface area contributed by atoms with Gasteiger partial charge >= 0.3 is 0 Å². The van der Waals surface area contributed by atoms with Crippen LogP contribution in [0.25, 0.3) is 0 Å². The molecule has 1 N–H and O–H groups in total. The summed E-state index contributed by atoms with van der Waals surface area (Å²) < 4.78 is 0.503. The van der Waals surface area contributed by atoms with E-state index in [1.54, 1.807) is 6.07 Å². The number of nitrogens with one attached hydrogen (secondary N) is 1. The third-order valence-electron chi connectivity index (χ3n) is 3.35. The number of amides is 1. The number of halogens is 2. The molecule has 7 heteroatoms. The van der Waals surface area contributed by atoms with Crippen molar-refractivity contribution in [3.8, 4) is 0 Å². The van der Waals surface area contributed by atoms with Gasteiger partial charge in [0.15, 0.2) is 0 Å². The molecule has 1 fully saturated rings. The third-order valence-corrected chi connectivity index (χ3v) is 4.33. The first kappa shape index (κ1) is 15.3. The van der Waals surface area contributed by atoms with Crippen molar-refractivity contribution in [2.24, 2.45) is 0 Å². The monoisotopic (exact) mass is 360 g/mol. The topological polar surface area (TPSA) is 72.2 Å². The molecule has 2 rings (SSSR count). The molecule has 1 aliphatic carbocycles. The number of non-ortho nitro benzene ring substituents is 1. The number of hydrogen-bond donors (Lipinski definition) is 1. The first-order valence-corrected chi connectivity index (χ1v) is 7.60. The molecule has 0 spiro atoms. The highest BCUT2D eigenvalue weighted by Gasteiger charge is 2.25. The van der Waals surface area contributed by atoms with Crippen LogP contribution in [-0.4, -0.2) is 22.2 Å². The van der Waals surface area contributed by atoms with Crippen molar-refractivity contribution in [1.82, 2.24) is 5.32 Å². The molecule has 0 heterocycles. The fourth-order valence-electron chi connectivity index (χ4n) is 2.31. The van der Waals surface area contributed by atoms with Crippen molar-refractivity contribution in [3.63, 3.8) is 0 Å². The van der Waals surface area contributed by atoms with Crippen molar-refractivity contribution in [2.75, 3.05) is 0 Å². The zero-order valence-electron chi connectivity index (χ0n) is 10.6. The van der Waals surface area contributed by atoms with Gasteiger partial charge in [-0.2, -0.15) is 0 Å². The fraction of sp³-hybridized carbons (Fsp3) is 0.462. The first-order valence-electron chi connectivity index (χ1n) is 6.37. The Balaban J connectivity index is 2.14. The van der Waals surface area contributed by atoms with Crippen molar-refractivity contribution >= 4 is 39.1 Å². The van der Waals surface area contributed by atoms with Gasteiger partial charge in [0.1, 0.15) is 0 Å². The summed E-state index contributed by atoms with van der Waals surface area (Å²) in [4.78, 5) is 22.5. The predicted octanol–water partition coefficient (Wildman–Crippen LogP) is 3.64. The summed E-state index contributed by atoms with van der Waals surface area (Å²) in [6.45, 7) is 0. The van der Waals surface area contributed by atoms with Gasteiger partial charge in [-0.1, -0.05) is 28.8 Å². The molecule has 0 saturated heterocycles. The van der Waals surface area contributed by atoms with Crippen LogP contribution in [0.1, 0.15) is 36.0 Å². The molecule has 1 aliphatic rings. The Morgan fingerprint density at radius 1 is 1.35 bits per heavy atom. The molecular weight excluding hydrogens is 348 g/mol. The lowest BCUT2D eigenvalue weighted by Gasteiger charge is -2.27. The van der Waals surface area contributed by atoms with E-state index in [2.05, 4.69) is 21.2 Å². The number of carbonyl (C=O) groups is 1. The van der Waals surface area contributed by atoms with E-state index in [0.717, 1.165) is 25.7 Å². The zero-order chi connectivity index (χ0) is 14.7. The number of rotatable bonds is 3. The minimum absolute atomic E-state index is 0.0732. The van der Waals surface area contributed by atoms with E-state index in [4.69, 9.17) is 11.6 Å². The number of nitro groups is 1. The van der Waals surface area contributed by atoms with Crippen LogP contribution in [0.3, 0.4) is 0 Å². The first-order chi connectivity index (χ1) is 9.47. The van der Waals surface area contributed by atoms with Gasteiger partial charge in [-0.25, -0.2) is 0 Å². The van der Waals surface area contributed by atoms with Crippen LogP contribution in [0.5, 0.6) is 0 Å². The van der Waals surface area contributed by atoms with Crippen molar-refractivity contribution in [1.29, 1.82) is 0 Å². The van der Waals surface area contributed by atoms with E-state index in [1.165, 1.54) is 12.1 Å². The van der Waals surface area contributed by atoms with Crippen LogP contribution in [0.15, 0.2) is 22.7 Å². The van der Waals surface area contributed by atoms with Crippen LogP contribution in [0.2, 0.25) is 0 Å². The van der Waals surface area contributed by atoms with E-state index in [-0.39, 0.29) is 28.6 Å². The molecule has 0 aliphatic heterocycles. The minimum Gasteiger partial charge on any atom is -0.348 e. The molecule has 108 valence electrons. The Hall–Kier alpha value is -1.14. The summed E-state index contributed by atoms with van der Waals surface area (Å²) in [7, 11) is 0. The standard InChI is InChI=1S/C13H14BrClN2O3/c14-9-5-8(6-10(7-9)17(19)20)13(18)16-12-4-2-1-3-11(12)15/h5-7,11-12H,1-4H2,(H,16,18). The summed E-state index contributed by atoms with van der Waals surface area (Å²) in [5.74, 6) is -0.327. The molecule has 20 heavy (non-hydrogen) atoms. The van der Waals surface area contributed by atoms with Crippen LogP contribution < -0.4 is 5.32 Å². The van der Waals surface area contributed by atoms with Crippen molar-refractivity contribution in [3.05, 3.63) is 38.3 Å².